The number of aliphatic hydroxyl groups is 1. The van der Waals surface area contributed by atoms with Gasteiger partial charge in [0.2, 0.25) is 5.91 Å². The van der Waals surface area contributed by atoms with Crippen molar-refractivity contribution in [3.05, 3.63) is 0 Å². The van der Waals surface area contributed by atoms with Gasteiger partial charge in [0.1, 0.15) is 0 Å². The lowest BCUT2D eigenvalue weighted by atomic mass is 10.0. The Labute approximate surface area is 88.5 Å². The molecular weight excluding hydrogens is 198 g/mol. The number of aliphatic carboxylic acids is 1. The number of carboxylic acids is 1. The van der Waals surface area contributed by atoms with Crippen LogP contribution in [0.2, 0.25) is 0 Å². The summed E-state index contributed by atoms with van der Waals surface area (Å²) < 4.78 is 0. The molecule has 3 N–H and O–H groups in total. The highest BCUT2D eigenvalue weighted by atomic mass is 16.4. The highest BCUT2D eigenvalue weighted by Crippen LogP contribution is 2.31. The Hall–Kier alpha value is -1.10. The van der Waals surface area contributed by atoms with Gasteiger partial charge in [0, 0.05) is 12.0 Å². The highest BCUT2D eigenvalue weighted by molar-refractivity contribution is 5.81. The van der Waals surface area contributed by atoms with Gasteiger partial charge in [0.15, 0.2) is 0 Å². The summed E-state index contributed by atoms with van der Waals surface area (Å²) in [7, 11) is 0. The van der Waals surface area contributed by atoms with E-state index in [1.807, 2.05) is 0 Å². The molecular formula is C10H17NO4. The van der Waals surface area contributed by atoms with Crippen LogP contribution in [0.5, 0.6) is 0 Å². The van der Waals surface area contributed by atoms with Gasteiger partial charge in [-0.05, 0) is 26.2 Å². The molecule has 0 aromatic rings. The Balaban J connectivity index is 2.40. The van der Waals surface area contributed by atoms with Crippen LogP contribution in [-0.4, -0.2) is 34.7 Å². The second-order valence-electron chi connectivity index (χ2n) is 4.14. The lowest BCUT2D eigenvalue weighted by Crippen LogP contribution is -2.38. The molecule has 1 aliphatic rings. The van der Waals surface area contributed by atoms with E-state index in [0.29, 0.717) is 19.3 Å². The number of hydrogen-bond acceptors (Lipinski definition) is 3. The minimum atomic E-state index is -0.819. The van der Waals surface area contributed by atoms with Crippen LogP contribution in [0.15, 0.2) is 0 Å². The zero-order chi connectivity index (χ0) is 11.4. The summed E-state index contributed by atoms with van der Waals surface area (Å²) in [5.74, 6) is -1.55. The number of carboxylic acid groups (broad SMARTS) is 1. The molecule has 15 heavy (non-hydrogen) atoms. The maximum atomic E-state index is 11.6. The van der Waals surface area contributed by atoms with Gasteiger partial charge in [-0.2, -0.15) is 0 Å². The molecule has 0 heterocycles. The third-order valence-electron chi connectivity index (χ3n) is 2.82. The zero-order valence-electron chi connectivity index (χ0n) is 8.77. The van der Waals surface area contributed by atoms with E-state index in [2.05, 4.69) is 5.32 Å². The van der Waals surface area contributed by atoms with Gasteiger partial charge >= 0.3 is 5.97 Å². The topological polar surface area (TPSA) is 86.6 Å². The van der Waals surface area contributed by atoms with Crippen molar-refractivity contribution in [2.24, 2.45) is 11.8 Å². The van der Waals surface area contributed by atoms with Gasteiger partial charge in [-0.25, -0.2) is 0 Å². The summed E-state index contributed by atoms with van der Waals surface area (Å²) in [6.45, 7) is 1.61. The summed E-state index contributed by atoms with van der Waals surface area (Å²) in [6, 6.07) is -0.263. The van der Waals surface area contributed by atoms with Gasteiger partial charge < -0.3 is 15.5 Å². The molecule has 1 saturated carbocycles. The normalized spacial score (nSPS) is 27.3. The van der Waals surface area contributed by atoms with Crippen LogP contribution in [-0.2, 0) is 9.59 Å². The predicted molar refractivity (Wildman–Crippen MR) is 53.2 cm³/mol. The van der Waals surface area contributed by atoms with E-state index >= 15 is 0 Å². The van der Waals surface area contributed by atoms with Gasteiger partial charge in [-0.3, -0.25) is 9.59 Å². The van der Waals surface area contributed by atoms with E-state index < -0.39 is 5.97 Å². The molecule has 1 aliphatic carbocycles. The second-order valence-corrected chi connectivity index (χ2v) is 4.14. The number of hydrogen-bond donors (Lipinski definition) is 3. The first-order valence-corrected chi connectivity index (χ1v) is 5.18. The Morgan fingerprint density at radius 3 is 2.47 bits per heavy atom. The predicted octanol–water partition coefficient (Wildman–Crippen LogP) is -0.0157. The number of amides is 1. The van der Waals surface area contributed by atoms with Gasteiger partial charge in [0.25, 0.3) is 0 Å². The summed E-state index contributed by atoms with van der Waals surface area (Å²) in [5.41, 5.74) is 0. The lowest BCUT2D eigenvalue weighted by molar-refractivity contribution is -0.141. The maximum absolute atomic E-state index is 11.6. The number of carbonyl (C=O) groups is 2. The van der Waals surface area contributed by atoms with Crippen molar-refractivity contribution in [1.82, 2.24) is 5.32 Å². The molecule has 3 atom stereocenters. The Kier molecular flexibility index (Phi) is 4.08. The smallest absolute Gasteiger partial charge is 0.306 e. The summed E-state index contributed by atoms with van der Waals surface area (Å²) in [4.78, 5) is 22.2. The van der Waals surface area contributed by atoms with Gasteiger partial charge in [-0.15, -0.1) is 0 Å². The van der Waals surface area contributed by atoms with E-state index in [0.717, 1.165) is 0 Å². The van der Waals surface area contributed by atoms with Crippen LogP contribution in [0, 0.1) is 11.8 Å². The van der Waals surface area contributed by atoms with Crippen molar-refractivity contribution in [3.8, 4) is 0 Å². The molecule has 86 valence electrons. The first-order chi connectivity index (χ1) is 7.04. The first kappa shape index (κ1) is 12.0. The quantitative estimate of drug-likeness (QED) is 0.615. The maximum Gasteiger partial charge on any atom is 0.306 e. The first-order valence-electron chi connectivity index (χ1n) is 5.18. The number of rotatable bonds is 4. The molecule has 5 heteroatoms. The van der Waals surface area contributed by atoms with Crippen molar-refractivity contribution in [2.75, 3.05) is 6.61 Å². The number of aliphatic hydroxyl groups excluding tert-OH is 1. The van der Waals surface area contributed by atoms with Gasteiger partial charge in [0.05, 0.1) is 12.5 Å². The molecule has 1 amide bonds. The Bertz CT molecular complexity index is 254. The third kappa shape index (κ3) is 3.20. The lowest BCUT2D eigenvalue weighted by Gasteiger charge is -2.14. The molecule has 0 spiro atoms. The summed E-state index contributed by atoms with van der Waals surface area (Å²) in [5, 5.41) is 20.2. The van der Waals surface area contributed by atoms with Crippen LogP contribution in [0.4, 0.5) is 0 Å². The fourth-order valence-electron chi connectivity index (χ4n) is 1.85. The summed E-state index contributed by atoms with van der Waals surface area (Å²) >= 11 is 0. The number of carbonyl (C=O) groups excluding carboxylic acids is 1. The molecule has 1 rings (SSSR count). The van der Waals surface area contributed by atoms with Crippen LogP contribution in [0.25, 0.3) is 0 Å². The molecule has 0 radical (unpaired) electrons. The third-order valence-corrected chi connectivity index (χ3v) is 2.82. The largest absolute Gasteiger partial charge is 0.481 e. The Morgan fingerprint density at radius 2 is 2.00 bits per heavy atom. The minimum absolute atomic E-state index is 0.0964. The van der Waals surface area contributed by atoms with Crippen molar-refractivity contribution in [3.63, 3.8) is 0 Å². The SMILES string of the molecule is C[C@@H](CO)NC(=O)[C@@H]1CC[C@H](C(=O)O)C1. The second kappa shape index (κ2) is 5.11. The molecule has 0 saturated heterocycles. The van der Waals surface area contributed by atoms with Crippen molar-refractivity contribution < 1.29 is 19.8 Å². The minimum Gasteiger partial charge on any atom is -0.481 e. The van der Waals surface area contributed by atoms with Crippen molar-refractivity contribution in [2.45, 2.75) is 32.2 Å². The number of nitrogens with one attached hydrogen (secondary N) is 1. The van der Waals surface area contributed by atoms with Crippen LogP contribution in [0.3, 0.4) is 0 Å². The molecule has 0 unspecified atom stereocenters. The van der Waals surface area contributed by atoms with Gasteiger partial charge in [-0.1, -0.05) is 0 Å². The fourth-order valence-corrected chi connectivity index (χ4v) is 1.85. The molecule has 0 aromatic carbocycles. The van der Waals surface area contributed by atoms with Crippen molar-refractivity contribution in [1.29, 1.82) is 0 Å². The molecule has 0 aliphatic heterocycles. The molecule has 1 fully saturated rings. The summed E-state index contributed by atoms with van der Waals surface area (Å²) in [6.07, 6.45) is 1.61. The standard InChI is InChI=1S/C10H17NO4/c1-6(5-12)11-9(13)7-2-3-8(4-7)10(14)15/h6-8,12H,2-5H2,1H3,(H,11,13)(H,14,15)/t6-,7+,8-/m0/s1. The molecule has 0 aromatic heterocycles. The highest BCUT2D eigenvalue weighted by Gasteiger charge is 2.33. The fraction of sp³-hybridized carbons (Fsp3) is 0.800. The van der Waals surface area contributed by atoms with E-state index in [1.165, 1.54) is 0 Å². The monoisotopic (exact) mass is 215 g/mol. The molecule has 5 nitrogen and oxygen atoms in total. The van der Waals surface area contributed by atoms with E-state index in [1.54, 1.807) is 6.92 Å². The average molecular weight is 215 g/mol. The van der Waals surface area contributed by atoms with E-state index in [4.69, 9.17) is 10.2 Å². The zero-order valence-corrected chi connectivity index (χ0v) is 8.77. The van der Waals surface area contributed by atoms with E-state index in [9.17, 15) is 9.59 Å². The van der Waals surface area contributed by atoms with Crippen molar-refractivity contribution >= 4 is 11.9 Å². The Morgan fingerprint density at radius 1 is 1.40 bits per heavy atom. The van der Waals surface area contributed by atoms with E-state index in [-0.39, 0.29) is 30.4 Å². The van der Waals surface area contributed by atoms with Crippen LogP contribution in [0.1, 0.15) is 26.2 Å². The average Bonchev–Trinajstić information content (AvgIpc) is 2.66. The molecule has 0 bridgehead atoms. The van der Waals surface area contributed by atoms with Crippen LogP contribution < -0.4 is 5.32 Å². The van der Waals surface area contributed by atoms with Crippen LogP contribution >= 0.6 is 0 Å².